The molecule has 0 aliphatic carbocycles. The number of aliphatic hydroxyl groups excluding tert-OH is 1. The molecule has 0 radical (unpaired) electrons. The highest BCUT2D eigenvalue weighted by Crippen LogP contribution is 2.41. The molecule has 2 N–H and O–H groups in total. The molecule has 2 aliphatic heterocycles. The van der Waals surface area contributed by atoms with Gasteiger partial charge in [-0.1, -0.05) is 39.3 Å². The van der Waals surface area contributed by atoms with Crippen LogP contribution in [0.25, 0.3) is 0 Å². The zero-order chi connectivity index (χ0) is 34.4. The van der Waals surface area contributed by atoms with Gasteiger partial charge in [-0.3, -0.25) is 9.59 Å². The first-order valence-electron chi connectivity index (χ1n) is 16.4. The first kappa shape index (κ1) is 39.1. The zero-order valence-electron chi connectivity index (χ0n) is 29.8. The Morgan fingerprint density at radius 2 is 1.67 bits per heavy atom. The summed E-state index contributed by atoms with van der Waals surface area (Å²) in [6, 6.07) is -0.210. The van der Waals surface area contributed by atoms with Crippen LogP contribution in [0.4, 0.5) is 4.79 Å². The number of amides is 1. The number of ketones is 1. The van der Waals surface area contributed by atoms with Crippen molar-refractivity contribution in [1.82, 2.24) is 10.2 Å². The van der Waals surface area contributed by atoms with Crippen molar-refractivity contribution in [3.05, 3.63) is 11.6 Å². The largest absolute Gasteiger partial charge is 0.458 e. The van der Waals surface area contributed by atoms with E-state index in [1.54, 1.807) is 21.0 Å². The van der Waals surface area contributed by atoms with Gasteiger partial charge in [0.25, 0.3) is 0 Å². The number of methoxy groups -OCH3 is 1. The maximum atomic E-state index is 14.1. The highest BCUT2D eigenvalue weighted by molar-refractivity contribution is 6.00. The second-order valence-corrected chi connectivity index (χ2v) is 13.8. The van der Waals surface area contributed by atoms with Crippen LogP contribution in [0, 0.1) is 23.7 Å². The Kier molecular flexibility index (Phi) is 14.1. The minimum atomic E-state index is -1.17. The molecule has 12 atom stereocenters. The molecular formula is C34H60N2O9. The summed E-state index contributed by atoms with van der Waals surface area (Å²) in [6.07, 6.45) is -0.562. The van der Waals surface area contributed by atoms with Crippen molar-refractivity contribution in [2.45, 2.75) is 136 Å². The van der Waals surface area contributed by atoms with Gasteiger partial charge in [0.1, 0.15) is 23.7 Å². The van der Waals surface area contributed by atoms with Crippen molar-refractivity contribution in [1.29, 1.82) is 0 Å². The van der Waals surface area contributed by atoms with Crippen LogP contribution in [0.3, 0.4) is 0 Å². The normalized spacial score (nSPS) is 41.8. The summed E-state index contributed by atoms with van der Waals surface area (Å²) in [5, 5.41) is 13.8. The number of nitrogens with one attached hydrogen (secondary N) is 1. The fraction of sp³-hybridized carbons (Fsp3) is 0.853. The van der Waals surface area contributed by atoms with Gasteiger partial charge in [-0.15, -0.1) is 0 Å². The number of alkyl carbamates (subject to hydrolysis) is 1. The lowest BCUT2D eigenvalue weighted by Gasteiger charge is -2.47. The number of Topliss-reactive ketones (excluding diaryl/α,β-unsaturated/α-hetero) is 1. The maximum absolute atomic E-state index is 14.1. The third kappa shape index (κ3) is 9.06. The third-order valence-electron chi connectivity index (χ3n) is 10.0. The predicted molar refractivity (Wildman–Crippen MR) is 171 cm³/mol. The molecule has 2 saturated heterocycles. The van der Waals surface area contributed by atoms with Gasteiger partial charge < -0.3 is 39.0 Å². The van der Waals surface area contributed by atoms with Crippen molar-refractivity contribution >= 4 is 17.8 Å². The smallest absolute Gasteiger partial charge is 0.407 e. The van der Waals surface area contributed by atoms with Gasteiger partial charge >= 0.3 is 12.1 Å². The predicted octanol–water partition coefficient (Wildman–Crippen LogP) is 4.49. The molecule has 0 aromatic rings. The van der Waals surface area contributed by atoms with Crippen molar-refractivity contribution < 1.29 is 43.2 Å². The molecular weight excluding hydrogens is 580 g/mol. The van der Waals surface area contributed by atoms with Gasteiger partial charge in [0.05, 0.1) is 17.8 Å². The van der Waals surface area contributed by atoms with Gasteiger partial charge in [0.2, 0.25) is 0 Å². The molecule has 1 amide bonds. The van der Waals surface area contributed by atoms with Crippen LogP contribution < -0.4 is 5.32 Å². The first-order valence-corrected chi connectivity index (χ1v) is 16.4. The van der Waals surface area contributed by atoms with Crippen molar-refractivity contribution in [3.63, 3.8) is 0 Å². The van der Waals surface area contributed by atoms with E-state index in [9.17, 15) is 19.5 Å². The number of carbonyl (C=O) groups is 3. The zero-order valence-corrected chi connectivity index (χ0v) is 29.8. The van der Waals surface area contributed by atoms with Crippen LogP contribution in [0.5, 0.6) is 0 Å². The quantitative estimate of drug-likeness (QED) is 0.243. The van der Waals surface area contributed by atoms with Gasteiger partial charge in [-0.25, -0.2) is 4.79 Å². The van der Waals surface area contributed by atoms with E-state index in [4.69, 9.17) is 23.7 Å². The summed E-state index contributed by atoms with van der Waals surface area (Å²) >= 11 is 0. The Morgan fingerprint density at radius 1 is 1.09 bits per heavy atom. The summed E-state index contributed by atoms with van der Waals surface area (Å²) < 4.78 is 30.8. The average molecular weight is 641 g/mol. The van der Waals surface area contributed by atoms with E-state index in [1.165, 1.54) is 14.0 Å². The fourth-order valence-corrected chi connectivity index (χ4v) is 7.46. The molecule has 2 aliphatic rings. The van der Waals surface area contributed by atoms with E-state index in [0.717, 1.165) is 5.57 Å². The van der Waals surface area contributed by atoms with Crippen LogP contribution >= 0.6 is 0 Å². The van der Waals surface area contributed by atoms with E-state index in [2.05, 4.69) is 25.2 Å². The highest BCUT2D eigenvalue weighted by atomic mass is 16.7. The summed E-state index contributed by atoms with van der Waals surface area (Å²) in [5.74, 6) is -3.18. The molecule has 0 saturated carbocycles. The summed E-state index contributed by atoms with van der Waals surface area (Å²) in [4.78, 5) is 42.1. The molecule has 11 heteroatoms. The number of cyclic esters (lactones) is 1. The van der Waals surface area contributed by atoms with Crippen LogP contribution in [0.2, 0.25) is 0 Å². The minimum absolute atomic E-state index is 0.0405. The standard InChI is InChI=1S/C34H60N2O9/c1-14-24-19(3)17-33(8,45-32(40)35-10)26(15-2)43-30(39)23(7)27(37)22(6)29(34(9,41-13)18-20(24)4)44-31-28(38)25(36(11)12)16-21(5)42-31/h14,19-23,25-26,28-29,31,38H,15-18H2,1-13H3,(H,35,40)/b24-14-/t19-,20-,21-,22+,23?,25+,26-,28-,29-,31+,33+,34-/m1/s1. The van der Waals surface area contributed by atoms with E-state index in [-0.39, 0.29) is 29.8 Å². The number of nitrogens with zero attached hydrogens (tertiary/aromatic N) is 1. The number of carbonyl (C=O) groups excluding carboxylic acids is 3. The summed E-state index contributed by atoms with van der Waals surface area (Å²) in [7, 11) is 6.87. The second-order valence-electron chi connectivity index (χ2n) is 13.8. The van der Waals surface area contributed by atoms with Crippen molar-refractivity contribution in [2.75, 3.05) is 28.3 Å². The number of esters is 1. The molecule has 0 aromatic heterocycles. The number of aliphatic hydroxyl groups is 1. The summed E-state index contributed by atoms with van der Waals surface area (Å²) in [6.45, 7) is 16.9. The Bertz CT molecular complexity index is 1050. The third-order valence-corrected chi connectivity index (χ3v) is 10.0. The Labute approximate surface area is 270 Å². The van der Waals surface area contributed by atoms with Gasteiger partial charge in [0.15, 0.2) is 12.1 Å². The molecule has 0 spiro atoms. The molecule has 45 heavy (non-hydrogen) atoms. The van der Waals surface area contributed by atoms with Crippen LogP contribution in [-0.2, 0) is 33.3 Å². The van der Waals surface area contributed by atoms with E-state index in [0.29, 0.717) is 25.7 Å². The molecule has 2 fully saturated rings. The Balaban J connectivity index is 2.66. The van der Waals surface area contributed by atoms with Gasteiger partial charge in [-0.05, 0) is 86.2 Å². The number of hydrogen-bond donors (Lipinski definition) is 2. The Hall–Kier alpha value is -2.05. The van der Waals surface area contributed by atoms with Gasteiger partial charge in [0, 0.05) is 26.1 Å². The molecule has 2 heterocycles. The van der Waals surface area contributed by atoms with Gasteiger partial charge in [-0.2, -0.15) is 0 Å². The number of ether oxygens (including phenoxy) is 5. The van der Waals surface area contributed by atoms with Crippen LogP contribution in [0.1, 0.15) is 88.0 Å². The van der Waals surface area contributed by atoms with Crippen molar-refractivity contribution in [3.8, 4) is 0 Å². The number of allylic oxidation sites excluding steroid dienone is 2. The molecule has 2 rings (SSSR count). The maximum Gasteiger partial charge on any atom is 0.407 e. The van der Waals surface area contributed by atoms with E-state index < -0.39 is 59.7 Å². The molecule has 0 aromatic carbocycles. The second kappa shape index (κ2) is 16.2. The Morgan fingerprint density at radius 3 is 2.16 bits per heavy atom. The first-order chi connectivity index (χ1) is 20.9. The average Bonchev–Trinajstić information content (AvgIpc) is 2.97. The number of likely N-dealkylation sites (N-methyl/N-ethyl adjacent to an activating group) is 1. The lowest BCUT2D eigenvalue weighted by atomic mass is 9.73. The number of rotatable bonds is 6. The lowest BCUT2D eigenvalue weighted by Crippen LogP contribution is -2.59. The fourth-order valence-electron chi connectivity index (χ4n) is 7.46. The molecule has 1 unspecified atom stereocenters. The molecule has 11 nitrogen and oxygen atoms in total. The van der Waals surface area contributed by atoms with E-state index >= 15 is 0 Å². The topological polar surface area (TPSA) is 133 Å². The van der Waals surface area contributed by atoms with Crippen LogP contribution in [-0.4, -0.2) is 104 Å². The van der Waals surface area contributed by atoms with Crippen molar-refractivity contribution in [2.24, 2.45) is 23.7 Å². The summed E-state index contributed by atoms with van der Waals surface area (Å²) in [5.41, 5.74) is -1.09. The number of hydrogen-bond acceptors (Lipinski definition) is 10. The monoisotopic (exact) mass is 640 g/mol. The van der Waals surface area contributed by atoms with E-state index in [1.807, 2.05) is 46.7 Å². The van der Waals surface area contributed by atoms with Crippen LogP contribution in [0.15, 0.2) is 11.6 Å². The minimum Gasteiger partial charge on any atom is -0.458 e. The highest BCUT2D eigenvalue weighted by Gasteiger charge is 2.50. The SMILES string of the molecule is C/C=C1\[C@H](C)C[C@@](C)(OC)[C@H](O[C@@H]2O[C@H](C)C[C@H](N(C)C)[C@H]2O)[C@@H](C)C(=O)C(C)C(=O)O[C@H](CC)[C@@](C)(OC(=O)NC)C[C@H]1C. The molecule has 0 bridgehead atoms. The molecule has 260 valence electrons. The lowest BCUT2D eigenvalue weighted by molar-refractivity contribution is -0.295.